The number of nitrogens with one attached hydrogen (secondary N) is 1. The average molecular weight is 203 g/mol. The highest BCUT2D eigenvalue weighted by atomic mass is 16.4. The summed E-state index contributed by atoms with van der Waals surface area (Å²) in [5.41, 5.74) is 0. The van der Waals surface area contributed by atoms with Crippen molar-refractivity contribution in [3.8, 4) is 0 Å². The Kier molecular flexibility index (Phi) is 5.72. The molecular weight excluding hydrogens is 182 g/mol. The van der Waals surface area contributed by atoms with E-state index in [9.17, 15) is 4.79 Å². The van der Waals surface area contributed by atoms with E-state index < -0.39 is 18.1 Å². The molecule has 3 unspecified atom stereocenters. The van der Waals surface area contributed by atoms with Crippen LogP contribution in [0.1, 0.15) is 34.1 Å². The monoisotopic (exact) mass is 203 g/mol. The molecule has 3 N–H and O–H groups in total. The van der Waals surface area contributed by atoms with Crippen molar-refractivity contribution in [3.05, 3.63) is 0 Å². The molecule has 0 saturated heterocycles. The zero-order valence-corrected chi connectivity index (χ0v) is 9.32. The van der Waals surface area contributed by atoms with Crippen LogP contribution in [0.4, 0.5) is 0 Å². The molecule has 0 saturated carbocycles. The predicted molar refractivity (Wildman–Crippen MR) is 55.2 cm³/mol. The molecular formula is C10H21NO3. The molecule has 0 spiro atoms. The summed E-state index contributed by atoms with van der Waals surface area (Å²) in [6.45, 7) is 7.30. The van der Waals surface area contributed by atoms with Crippen LogP contribution in [-0.4, -0.2) is 34.4 Å². The normalized spacial score (nSPS) is 17.9. The maximum absolute atomic E-state index is 10.8. The number of rotatable bonds is 6. The Morgan fingerprint density at radius 3 is 2.07 bits per heavy atom. The van der Waals surface area contributed by atoms with Gasteiger partial charge in [-0.1, -0.05) is 13.8 Å². The molecule has 0 heterocycles. The van der Waals surface area contributed by atoms with Crippen LogP contribution >= 0.6 is 0 Å². The number of carbonyl (C=O) groups is 1. The van der Waals surface area contributed by atoms with Crippen LogP contribution in [0, 0.1) is 5.92 Å². The summed E-state index contributed by atoms with van der Waals surface area (Å²) in [7, 11) is 0. The van der Waals surface area contributed by atoms with Crippen molar-refractivity contribution in [2.45, 2.75) is 52.3 Å². The lowest BCUT2D eigenvalue weighted by Gasteiger charge is -2.23. The minimum atomic E-state index is -0.836. The van der Waals surface area contributed by atoms with Gasteiger partial charge in [0, 0.05) is 6.04 Å². The van der Waals surface area contributed by atoms with Crippen LogP contribution in [0.3, 0.4) is 0 Å². The summed E-state index contributed by atoms with van der Waals surface area (Å²) < 4.78 is 0. The van der Waals surface area contributed by atoms with Gasteiger partial charge in [0.15, 0.2) is 0 Å². The molecule has 0 amide bonds. The number of hydrogen-bond donors (Lipinski definition) is 3. The number of carboxylic acids is 1. The third kappa shape index (κ3) is 5.19. The van der Waals surface area contributed by atoms with E-state index >= 15 is 0 Å². The van der Waals surface area contributed by atoms with E-state index in [2.05, 4.69) is 5.32 Å². The second-order valence-electron chi connectivity index (χ2n) is 4.21. The minimum Gasteiger partial charge on any atom is -0.480 e. The van der Waals surface area contributed by atoms with Crippen LogP contribution < -0.4 is 5.32 Å². The molecule has 4 heteroatoms. The van der Waals surface area contributed by atoms with Crippen LogP contribution in [0.5, 0.6) is 0 Å². The highest BCUT2D eigenvalue weighted by Crippen LogP contribution is 2.05. The first-order valence-electron chi connectivity index (χ1n) is 5.01. The maximum atomic E-state index is 10.8. The van der Waals surface area contributed by atoms with Crippen molar-refractivity contribution in [2.75, 3.05) is 0 Å². The first-order valence-corrected chi connectivity index (χ1v) is 5.01. The van der Waals surface area contributed by atoms with Crippen LogP contribution in [0.25, 0.3) is 0 Å². The molecule has 0 fully saturated rings. The van der Waals surface area contributed by atoms with Gasteiger partial charge in [0.1, 0.15) is 6.04 Å². The van der Waals surface area contributed by atoms with Crippen LogP contribution in [0.15, 0.2) is 0 Å². The Balaban J connectivity index is 4.10. The molecule has 0 aromatic carbocycles. The lowest BCUT2D eigenvalue weighted by Crippen LogP contribution is -2.46. The fourth-order valence-electron chi connectivity index (χ4n) is 1.44. The Morgan fingerprint density at radius 1 is 1.29 bits per heavy atom. The smallest absolute Gasteiger partial charge is 0.320 e. The number of aliphatic hydroxyl groups is 1. The highest BCUT2D eigenvalue weighted by Gasteiger charge is 2.23. The topological polar surface area (TPSA) is 69.6 Å². The van der Waals surface area contributed by atoms with Crippen molar-refractivity contribution >= 4 is 5.97 Å². The Labute approximate surface area is 85.3 Å². The number of hydrogen-bond acceptors (Lipinski definition) is 3. The third-order valence-electron chi connectivity index (χ3n) is 2.09. The molecule has 0 aliphatic carbocycles. The summed E-state index contributed by atoms with van der Waals surface area (Å²) in [5, 5.41) is 21.0. The van der Waals surface area contributed by atoms with Crippen molar-refractivity contribution in [2.24, 2.45) is 5.92 Å². The van der Waals surface area contributed by atoms with Gasteiger partial charge in [0.25, 0.3) is 0 Å². The van der Waals surface area contributed by atoms with Gasteiger partial charge in [-0.15, -0.1) is 0 Å². The molecule has 84 valence electrons. The summed E-state index contributed by atoms with van der Waals surface area (Å²) in [4.78, 5) is 10.8. The SMILES string of the molecule is CC(O)CC(C)NC(C(=O)O)C(C)C. The highest BCUT2D eigenvalue weighted by molar-refractivity contribution is 5.73. The summed E-state index contributed by atoms with van der Waals surface area (Å²) >= 11 is 0. The molecule has 0 rings (SSSR count). The lowest BCUT2D eigenvalue weighted by atomic mass is 10.0. The van der Waals surface area contributed by atoms with Gasteiger partial charge in [0.2, 0.25) is 0 Å². The first kappa shape index (κ1) is 13.4. The Morgan fingerprint density at radius 2 is 1.79 bits per heavy atom. The minimum absolute atomic E-state index is 0.0125. The van der Waals surface area contributed by atoms with Gasteiger partial charge < -0.3 is 15.5 Å². The molecule has 0 aromatic rings. The van der Waals surface area contributed by atoms with E-state index in [0.29, 0.717) is 6.42 Å². The number of carboxylic acid groups (broad SMARTS) is 1. The van der Waals surface area contributed by atoms with E-state index in [1.165, 1.54) is 0 Å². The Bertz CT molecular complexity index is 180. The largest absolute Gasteiger partial charge is 0.480 e. The van der Waals surface area contributed by atoms with Crippen molar-refractivity contribution in [1.82, 2.24) is 5.32 Å². The van der Waals surface area contributed by atoms with Crippen LogP contribution in [0.2, 0.25) is 0 Å². The second-order valence-corrected chi connectivity index (χ2v) is 4.21. The quantitative estimate of drug-likeness (QED) is 0.598. The second kappa shape index (κ2) is 5.98. The molecule has 14 heavy (non-hydrogen) atoms. The number of aliphatic carboxylic acids is 1. The molecule has 0 aromatic heterocycles. The first-order chi connectivity index (χ1) is 6.34. The van der Waals surface area contributed by atoms with E-state index in [4.69, 9.17) is 10.2 Å². The molecule has 4 nitrogen and oxygen atoms in total. The van der Waals surface area contributed by atoms with Gasteiger partial charge in [-0.25, -0.2) is 0 Å². The van der Waals surface area contributed by atoms with Crippen molar-refractivity contribution in [1.29, 1.82) is 0 Å². The van der Waals surface area contributed by atoms with E-state index in [0.717, 1.165) is 0 Å². The maximum Gasteiger partial charge on any atom is 0.320 e. The zero-order valence-electron chi connectivity index (χ0n) is 9.32. The predicted octanol–water partition coefficient (Wildman–Crippen LogP) is 0.845. The van der Waals surface area contributed by atoms with E-state index in [1.807, 2.05) is 20.8 Å². The average Bonchev–Trinajstić information content (AvgIpc) is 1.97. The zero-order chi connectivity index (χ0) is 11.3. The summed E-state index contributed by atoms with van der Waals surface area (Å²) in [6.07, 6.45) is 0.162. The molecule has 0 radical (unpaired) electrons. The van der Waals surface area contributed by atoms with Gasteiger partial charge in [-0.2, -0.15) is 0 Å². The van der Waals surface area contributed by atoms with Crippen LogP contribution in [-0.2, 0) is 4.79 Å². The van der Waals surface area contributed by atoms with Gasteiger partial charge >= 0.3 is 5.97 Å². The van der Waals surface area contributed by atoms with E-state index in [1.54, 1.807) is 6.92 Å². The van der Waals surface area contributed by atoms with Crippen molar-refractivity contribution in [3.63, 3.8) is 0 Å². The van der Waals surface area contributed by atoms with Gasteiger partial charge in [-0.3, -0.25) is 4.79 Å². The molecule has 3 atom stereocenters. The van der Waals surface area contributed by atoms with E-state index in [-0.39, 0.29) is 12.0 Å². The molecule has 0 aliphatic heterocycles. The standard InChI is InChI=1S/C10H21NO3/c1-6(2)9(10(13)14)11-7(3)5-8(4)12/h6-9,11-12H,5H2,1-4H3,(H,13,14). The molecule has 0 bridgehead atoms. The van der Waals surface area contributed by atoms with Gasteiger partial charge in [-0.05, 0) is 26.2 Å². The number of aliphatic hydroxyl groups excluding tert-OH is 1. The molecule has 0 aliphatic rings. The van der Waals surface area contributed by atoms with Crippen molar-refractivity contribution < 1.29 is 15.0 Å². The fraction of sp³-hybridized carbons (Fsp3) is 0.900. The fourth-order valence-corrected chi connectivity index (χ4v) is 1.44. The Hall–Kier alpha value is -0.610. The lowest BCUT2D eigenvalue weighted by molar-refractivity contribution is -0.141. The third-order valence-corrected chi connectivity index (χ3v) is 2.09. The summed E-state index contributed by atoms with van der Waals surface area (Å²) in [6, 6.07) is -0.526. The summed E-state index contributed by atoms with van der Waals surface area (Å²) in [5.74, 6) is -0.790. The van der Waals surface area contributed by atoms with Gasteiger partial charge in [0.05, 0.1) is 6.10 Å².